The lowest BCUT2D eigenvalue weighted by Gasteiger charge is -2.06. The number of benzene rings is 2. The highest BCUT2D eigenvalue weighted by atomic mass is 32.2. The van der Waals surface area contributed by atoms with E-state index in [-0.39, 0.29) is 22.4 Å². The van der Waals surface area contributed by atoms with E-state index in [1.54, 1.807) is 36.4 Å². The molecule has 26 heavy (non-hydrogen) atoms. The van der Waals surface area contributed by atoms with E-state index in [1.807, 2.05) is 0 Å². The fraction of sp³-hybridized carbons (Fsp3) is 0.118. The minimum atomic E-state index is -3.56. The summed E-state index contributed by atoms with van der Waals surface area (Å²) in [6, 6.07) is 12.7. The second kappa shape index (κ2) is 6.96. The molecule has 3 aromatic rings. The van der Waals surface area contributed by atoms with Gasteiger partial charge >= 0.3 is 6.01 Å². The van der Waals surface area contributed by atoms with Crippen LogP contribution in [-0.2, 0) is 9.84 Å². The summed E-state index contributed by atoms with van der Waals surface area (Å²) in [5.74, 6) is 0.149. The van der Waals surface area contributed by atoms with E-state index in [1.165, 1.54) is 19.2 Å². The lowest BCUT2D eigenvalue weighted by Crippen LogP contribution is -2.16. The van der Waals surface area contributed by atoms with E-state index in [9.17, 15) is 13.2 Å². The van der Waals surface area contributed by atoms with Crippen molar-refractivity contribution in [3.05, 3.63) is 54.1 Å². The topological polar surface area (TPSA) is 111 Å². The first-order valence-corrected chi connectivity index (χ1v) is 9.36. The number of aromatic nitrogens is 2. The Labute approximate surface area is 149 Å². The molecule has 0 aliphatic heterocycles. The number of nitrogens with one attached hydrogen (secondary N) is 1. The highest BCUT2D eigenvalue weighted by molar-refractivity contribution is 7.90. The van der Waals surface area contributed by atoms with Gasteiger partial charge in [0.05, 0.1) is 17.6 Å². The molecule has 1 N–H and O–H groups in total. The molecule has 0 spiro atoms. The van der Waals surface area contributed by atoms with Crippen LogP contribution in [0.2, 0.25) is 0 Å². The number of rotatable bonds is 5. The maximum atomic E-state index is 12.4. The fourth-order valence-electron chi connectivity index (χ4n) is 2.29. The summed E-state index contributed by atoms with van der Waals surface area (Å²) in [6.07, 6.45) is 1.03. The van der Waals surface area contributed by atoms with Gasteiger partial charge in [0, 0.05) is 11.8 Å². The van der Waals surface area contributed by atoms with Gasteiger partial charge in [-0.3, -0.25) is 10.1 Å². The number of nitrogens with zero attached hydrogens (tertiary/aromatic N) is 2. The van der Waals surface area contributed by atoms with Crippen molar-refractivity contribution in [2.24, 2.45) is 0 Å². The summed E-state index contributed by atoms with van der Waals surface area (Å²) in [6.45, 7) is 0. The van der Waals surface area contributed by atoms with E-state index in [0.717, 1.165) is 6.26 Å². The lowest BCUT2D eigenvalue weighted by molar-refractivity contribution is 0.102. The quantitative estimate of drug-likeness (QED) is 0.731. The molecule has 0 atom stereocenters. The van der Waals surface area contributed by atoms with Crippen molar-refractivity contribution >= 4 is 21.8 Å². The van der Waals surface area contributed by atoms with Crippen LogP contribution in [0.1, 0.15) is 10.4 Å². The third-order valence-electron chi connectivity index (χ3n) is 3.49. The van der Waals surface area contributed by atoms with Crippen LogP contribution in [0.15, 0.2) is 57.8 Å². The number of methoxy groups -OCH3 is 1. The average molecular weight is 373 g/mol. The molecule has 0 bridgehead atoms. The molecule has 0 saturated heterocycles. The summed E-state index contributed by atoms with van der Waals surface area (Å²) < 4.78 is 34.2. The van der Waals surface area contributed by atoms with Crippen molar-refractivity contribution in [3.8, 4) is 17.2 Å². The third kappa shape index (κ3) is 3.72. The van der Waals surface area contributed by atoms with Crippen LogP contribution in [0.25, 0.3) is 11.5 Å². The number of carbonyl (C=O) groups is 1. The van der Waals surface area contributed by atoms with E-state index in [4.69, 9.17) is 9.15 Å². The second-order valence-electron chi connectivity index (χ2n) is 5.37. The zero-order chi connectivity index (χ0) is 18.7. The molecule has 1 amide bonds. The van der Waals surface area contributed by atoms with Gasteiger partial charge in [-0.1, -0.05) is 23.3 Å². The first kappa shape index (κ1) is 17.6. The maximum Gasteiger partial charge on any atom is 0.322 e. The molecular formula is C17H15N3O5S. The molecule has 1 aromatic heterocycles. The Kier molecular flexibility index (Phi) is 4.72. The Bertz CT molecular complexity index is 1060. The molecule has 3 rings (SSSR count). The van der Waals surface area contributed by atoms with Gasteiger partial charge in [0.15, 0.2) is 9.84 Å². The Morgan fingerprint density at radius 3 is 2.62 bits per heavy atom. The first-order chi connectivity index (χ1) is 12.4. The fourth-order valence-corrected chi connectivity index (χ4v) is 3.17. The van der Waals surface area contributed by atoms with E-state index in [0.29, 0.717) is 11.3 Å². The van der Waals surface area contributed by atoms with Gasteiger partial charge in [0.1, 0.15) is 5.75 Å². The number of sulfone groups is 1. The summed E-state index contributed by atoms with van der Waals surface area (Å²) >= 11 is 0. The molecule has 0 aliphatic carbocycles. The molecular weight excluding hydrogens is 358 g/mol. The summed E-state index contributed by atoms with van der Waals surface area (Å²) in [7, 11) is -2.02. The van der Waals surface area contributed by atoms with Gasteiger partial charge in [-0.2, -0.15) is 0 Å². The minimum Gasteiger partial charge on any atom is -0.497 e. The van der Waals surface area contributed by atoms with Crippen molar-refractivity contribution in [2.45, 2.75) is 4.90 Å². The molecule has 134 valence electrons. The predicted molar refractivity (Wildman–Crippen MR) is 93.8 cm³/mol. The van der Waals surface area contributed by atoms with Crippen molar-refractivity contribution in [3.63, 3.8) is 0 Å². The monoisotopic (exact) mass is 373 g/mol. The Balaban J connectivity index is 1.85. The Morgan fingerprint density at radius 1 is 1.12 bits per heavy atom. The minimum absolute atomic E-state index is 0.00358. The largest absolute Gasteiger partial charge is 0.497 e. The van der Waals surface area contributed by atoms with Gasteiger partial charge in [0.25, 0.3) is 5.91 Å². The normalized spacial score (nSPS) is 11.2. The predicted octanol–water partition coefficient (Wildman–Crippen LogP) is 2.40. The van der Waals surface area contributed by atoms with Crippen molar-refractivity contribution in [1.29, 1.82) is 0 Å². The smallest absolute Gasteiger partial charge is 0.322 e. The van der Waals surface area contributed by atoms with Gasteiger partial charge in [0.2, 0.25) is 5.89 Å². The van der Waals surface area contributed by atoms with Crippen molar-refractivity contribution in [1.82, 2.24) is 10.2 Å². The molecule has 0 radical (unpaired) electrons. The lowest BCUT2D eigenvalue weighted by atomic mass is 10.2. The molecule has 0 fully saturated rings. The van der Waals surface area contributed by atoms with Crippen LogP contribution in [0.4, 0.5) is 6.01 Å². The number of amides is 1. The second-order valence-corrected chi connectivity index (χ2v) is 7.35. The standard InChI is InChI=1S/C17H15N3O5S/c1-24-12-7-5-6-11(10-12)16-19-20-17(25-16)18-15(21)13-8-3-4-9-14(13)26(2,22)23/h3-10H,1-2H3,(H,18,20,21). The summed E-state index contributed by atoms with van der Waals surface area (Å²) in [4.78, 5) is 12.3. The molecule has 8 nitrogen and oxygen atoms in total. The van der Waals surface area contributed by atoms with Crippen molar-refractivity contribution < 1.29 is 22.4 Å². The van der Waals surface area contributed by atoms with Crippen molar-refractivity contribution in [2.75, 3.05) is 18.7 Å². The van der Waals surface area contributed by atoms with Crippen LogP contribution >= 0.6 is 0 Å². The van der Waals surface area contributed by atoms with Crippen LogP contribution in [0.3, 0.4) is 0 Å². The molecule has 0 aliphatic rings. The molecule has 0 saturated carbocycles. The van der Waals surface area contributed by atoms with E-state index < -0.39 is 15.7 Å². The molecule has 0 unspecified atom stereocenters. The number of carbonyl (C=O) groups excluding carboxylic acids is 1. The van der Waals surface area contributed by atoms with Crippen LogP contribution < -0.4 is 10.1 Å². The third-order valence-corrected chi connectivity index (χ3v) is 4.65. The van der Waals surface area contributed by atoms with Gasteiger partial charge in [-0.15, -0.1) is 5.10 Å². The van der Waals surface area contributed by atoms with E-state index in [2.05, 4.69) is 15.5 Å². The Morgan fingerprint density at radius 2 is 1.88 bits per heavy atom. The van der Waals surface area contributed by atoms with Crippen LogP contribution in [-0.4, -0.2) is 37.9 Å². The number of hydrogen-bond acceptors (Lipinski definition) is 7. The maximum absolute atomic E-state index is 12.4. The Hall–Kier alpha value is -3.20. The number of anilines is 1. The van der Waals surface area contributed by atoms with Gasteiger partial charge < -0.3 is 9.15 Å². The molecule has 1 heterocycles. The SMILES string of the molecule is COc1cccc(-c2nnc(NC(=O)c3ccccc3S(C)(=O)=O)o2)c1. The highest BCUT2D eigenvalue weighted by Gasteiger charge is 2.20. The highest BCUT2D eigenvalue weighted by Crippen LogP contribution is 2.24. The zero-order valence-electron chi connectivity index (χ0n) is 14.0. The summed E-state index contributed by atoms with van der Waals surface area (Å²) in [5, 5.41) is 10.1. The average Bonchev–Trinajstić information content (AvgIpc) is 3.09. The molecule has 2 aromatic carbocycles. The van der Waals surface area contributed by atoms with Gasteiger partial charge in [-0.05, 0) is 30.3 Å². The van der Waals surface area contributed by atoms with Crippen LogP contribution in [0.5, 0.6) is 5.75 Å². The zero-order valence-corrected chi connectivity index (χ0v) is 14.8. The van der Waals surface area contributed by atoms with E-state index >= 15 is 0 Å². The van der Waals surface area contributed by atoms with Crippen LogP contribution in [0, 0.1) is 0 Å². The number of ether oxygens (including phenoxy) is 1. The van der Waals surface area contributed by atoms with Gasteiger partial charge in [-0.25, -0.2) is 8.42 Å². The first-order valence-electron chi connectivity index (χ1n) is 7.47. The molecule has 9 heteroatoms. The number of hydrogen-bond donors (Lipinski definition) is 1. The summed E-state index contributed by atoms with van der Waals surface area (Å²) in [5.41, 5.74) is 0.616.